The summed E-state index contributed by atoms with van der Waals surface area (Å²) in [4.78, 5) is 3.40. The molecule has 32 heavy (non-hydrogen) atoms. The molecule has 168 valence electrons. The van der Waals surface area contributed by atoms with Crippen molar-refractivity contribution in [2.45, 2.75) is 6.10 Å². The number of fused-ring (bicyclic) bond motifs is 3. The van der Waals surface area contributed by atoms with E-state index in [0.29, 0.717) is 35.4 Å². The first kappa shape index (κ1) is 22.6. The highest BCUT2D eigenvalue weighted by atomic mass is 79.9. The van der Waals surface area contributed by atoms with Crippen molar-refractivity contribution in [2.75, 3.05) is 30.7 Å². The summed E-state index contributed by atoms with van der Waals surface area (Å²) in [5, 5.41) is 15.9. The van der Waals surface area contributed by atoms with Crippen LogP contribution in [-0.2, 0) is 10.0 Å². The van der Waals surface area contributed by atoms with Gasteiger partial charge in [-0.3, -0.25) is 4.72 Å². The molecule has 0 radical (unpaired) electrons. The standard InChI is InChI=1S/C23H24BrN3O4S/c1-32(29,30)27-22-12-15(6-9-19(22)24)23(28)14-25-10-11-31-16-7-8-18-17-4-2-3-5-20(17)26-21(18)13-16/h2-9,12-13,23,25-28H,10-11,14H2,1H3/t23-/m0/s1. The van der Waals surface area contributed by atoms with Crippen LogP contribution in [0.2, 0.25) is 0 Å². The summed E-state index contributed by atoms with van der Waals surface area (Å²) < 4.78 is 31.9. The maximum Gasteiger partial charge on any atom is 0.229 e. The second-order valence-corrected chi connectivity index (χ2v) is 10.2. The fourth-order valence-electron chi connectivity index (χ4n) is 3.55. The molecule has 1 atom stereocenters. The van der Waals surface area contributed by atoms with Gasteiger partial charge in [0.05, 0.1) is 23.6 Å². The Morgan fingerprint density at radius 2 is 1.84 bits per heavy atom. The molecule has 0 spiro atoms. The van der Waals surface area contributed by atoms with E-state index < -0.39 is 16.1 Å². The molecule has 0 unspecified atom stereocenters. The second-order valence-electron chi connectivity index (χ2n) is 7.56. The van der Waals surface area contributed by atoms with Crippen molar-refractivity contribution in [2.24, 2.45) is 0 Å². The molecule has 0 saturated carbocycles. The van der Waals surface area contributed by atoms with Crippen molar-refractivity contribution >= 4 is 53.4 Å². The predicted molar refractivity (Wildman–Crippen MR) is 132 cm³/mol. The number of anilines is 1. The minimum atomic E-state index is -3.41. The molecule has 4 aromatic rings. The molecule has 4 rings (SSSR count). The summed E-state index contributed by atoms with van der Waals surface area (Å²) in [6, 6.07) is 19.2. The molecule has 9 heteroatoms. The van der Waals surface area contributed by atoms with Gasteiger partial charge in [-0.1, -0.05) is 24.3 Å². The first-order valence-electron chi connectivity index (χ1n) is 10.1. The fraction of sp³-hybridized carbons (Fsp3) is 0.217. The third-order valence-corrected chi connectivity index (χ3v) is 6.32. The number of H-pyrrole nitrogens is 1. The Labute approximate surface area is 195 Å². The van der Waals surface area contributed by atoms with Crippen molar-refractivity contribution in [3.63, 3.8) is 0 Å². The van der Waals surface area contributed by atoms with E-state index >= 15 is 0 Å². The molecule has 0 aliphatic carbocycles. The number of benzene rings is 3. The van der Waals surface area contributed by atoms with Crippen LogP contribution in [0.5, 0.6) is 5.75 Å². The van der Waals surface area contributed by atoms with Crippen LogP contribution >= 0.6 is 15.9 Å². The number of hydrogen-bond donors (Lipinski definition) is 4. The van der Waals surface area contributed by atoms with Gasteiger partial charge in [0.15, 0.2) is 0 Å². The van der Waals surface area contributed by atoms with Crippen molar-refractivity contribution in [3.8, 4) is 5.75 Å². The Morgan fingerprint density at radius 3 is 2.66 bits per heavy atom. The first-order chi connectivity index (χ1) is 15.3. The molecule has 0 aliphatic heterocycles. The number of rotatable bonds is 9. The quantitative estimate of drug-likeness (QED) is 0.249. The molecule has 0 saturated heterocycles. The molecule has 3 aromatic carbocycles. The van der Waals surface area contributed by atoms with Gasteiger partial charge in [0, 0.05) is 39.9 Å². The molecule has 0 fully saturated rings. The predicted octanol–water partition coefficient (Wildman–Crippen LogP) is 4.16. The number of aliphatic hydroxyl groups is 1. The SMILES string of the molecule is CS(=O)(=O)Nc1cc([C@@H](O)CNCCOc2ccc3c(c2)[nH]c2ccccc23)ccc1Br. The van der Waals surface area contributed by atoms with Crippen molar-refractivity contribution in [1.82, 2.24) is 10.3 Å². The third-order valence-electron chi connectivity index (χ3n) is 5.03. The molecule has 0 bridgehead atoms. The highest BCUT2D eigenvalue weighted by Gasteiger charge is 2.12. The molecule has 1 heterocycles. The average molecular weight is 518 g/mol. The smallest absolute Gasteiger partial charge is 0.229 e. The number of sulfonamides is 1. The van der Waals surface area contributed by atoms with Crippen LogP contribution < -0.4 is 14.8 Å². The summed E-state index contributed by atoms with van der Waals surface area (Å²) in [5.41, 5.74) is 3.12. The summed E-state index contributed by atoms with van der Waals surface area (Å²) >= 11 is 3.31. The Kier molecular flexibility index (Phi) is 6.71. The largest absolute Gasteiger partial charge is 0.492 e. The number of ether oxygens (including phenoxy) is 1. The van der Waals surface area contributed by atoms with E-state index in [1.54, 1.807) is 18.2 Å². The normalized spacial score (nSPS) is 12.8. The van der Waals surface area contributed by atoms with Crippen LogP contribution in [0.15, 0.2) is 65.1 Å². The van der Waals surface area contributed by atoms with Gasteiger partial charge in [-0.05, 0) is 51.8 Å². The van der Waals surface area contributed by atoms with E-state index in [2.05, 4.69) is 49.2 Å². The zero-order chi connectivity index (χ0) is 22.7. The van der Waals surface area contributed by atoms with Crippen LogP contribution in [0, 0.1) is 0 Å². The number of nitrogens with one attached hydrogen (secondary N) is 3. The lowest BCUT2D eigenvalue weighted by Gasteiger charge is -2.15. The maximum atomic E-state index is 11.5. The Hall–Kier alpha value is -2.59. The van der Waals surface area contributed by atoms with E-state index in [0.717, 1.165) is 28.4 Å². The van der Waals surface area contributed by atoms with Crippen LogP contribution in [0.25, 0.3) is 21.8 Å². The van der Waals surface area contributed by atoms with Gasteiger partial charge in [0.1, 0.15) is 12.4 Å². The minimum absolute atomic E-state index is 0.310. The van der Waals surface area contributed by atoms with Gasteiger partial charge in [-0.15, -0.1) is 0 Å². The van der Waals surface area contributed by atoms with Crippen LogP contribution in [0.3, 0.4) is 0 Å². The van der Waals surface area contributed by atoms with E-state index in [4.69, 9.17) is 4.74 Å². The van der Waals surface area contributed by atoms with Gasteiger partial charge in [0.2, 0.25) is 10.0 Å². The fourth-order valence-corrected chi connectivity index (χ4v) is 4.59. The summed E-state index contributed by atoms with van der Waals surface area (Å²) in [6.07, 6.45) is 0.297. The zero-order valence-corrected chi connectivity index (χ0v) is 19.8. The van der Waals surface area contributed by atoms with Crippen LogP contribution in [0.1, 0.15) is 11.7 Å². The van der Waals surface area contributed by atoms with Crippen molar-refractivity contribution in [3.05, 3.63) is 70.7 Å². The van der Waals surface area contributed by atoms with Gasteiger partial charge in [-0.2, -0.15) is 0 Å². The molecule has 4 N–H and O–H groups in total. The zero-order valence-electron chi connectivity index (χ0n) is 17.4. The molecule has 1 aromatic heterocycles. The minimum Gasteiger partial charge on any atom is -0.492 e. The molecular formula is C23H24BrN3O4S. The van der Waals surface area contributed by atoms with Crippen molar-refractivity contribution in [1.29, 1.82) is 0 Å². The van der Waals surface area contributed by atoms with E-state index in [1.807, 2.05) is 24.3 Å². The van der Waals surface area contributed by atoms with E-state index in [-0.39, 0.29) is 0 Å². The Morgan fingerprint density at radius 1 is 1.06 bits per heavy atom. The third kappa shape index (κ3) is 5.42. The first-order valence-corrected chi connectivity index (χ1v) is 12.8. The highest BCUT2D eigenvalue weighted by Crippen LogP contribution is 2.28. The van der Waals surface area contributed by atoms with Gasteiger partial charge in [-0.25, -0.2) is 8.42 Å². The number of aliphatic hydroxyl groups excluding tert-OH is 1. The number of hydrogen-bond acceptors (Lipinski definition) is 5. The topological polar surface area (TPSA) is 103 Å². The Bertz CT molecular complexity index is 1350. The number of para-hydroxylation sites is 1. The Balaban J connectivity index is 1.29. The van der Waals surface area contributed by atoms with Gasteiger partial charge >= 0.3 is 0 Å². The average Bonchev–Trinajstić information content (AvgIpc) is 3.11. The molecular weight excluding hydrogens is 494 g/mol. The second kappa shape index (κ2) is 9.50. The summed E-state index contributed by atoms with van der Waals surface area (Å²) in [7, 11) is -3.41. The lowest BCUT2D eigenvalue weighted by Crippen LogP contribution is -2.26. The van der Waals surface area contributed by atoms with E-state index in [9.17, 15) is 13.5 Å². The number of aromatic nitrogens is 1. The maximum absolute atomic E-state index is 11.5. The highest BCUT2D eigenvalue weighted by molar-refractivity contribution is 9.10. The van der Waals surface area contributed by atoms with Crippen LogP contribution in [-0.4, -0.2) is 44.5 Å². The molecule has 0 amide bonds. The van der Waals surface area contributed by atoms with E-state index in [1.165, 1.54) is 5.39 Å². The number of aromatic amines is 1. The molecule has 0 aliphatic rings. The van der Waals surface area contributed by atoms with Gasteiger partial charge < -0.3 is 20.1 Å². The number of halogens is 1. The van der Waals surface area contributed by atoms with Gasteiger partial charge in [0.25, 0.3) is 0 Å². The van der Waals surface area contributed by atoms with Crippen LogP contribution in [0.4, 0.5) is 5.69 Å². The van der Waals surface area contributed by atoms with Crippen molar-refractivity contribution < 1.29 is 18.3 Å². The monoisotopic (exact) mass is 517 g/mol. The molecule has 7 nitrogen and oxygen atoms in total. The lowest BCUT2D eigenvalue weighted by atomic mass is 10.1. The summed E-state index contributed by atoms with van der Waals surface area (Å²) in [6.45, 7) is 1.30. The summed E-state index contributed by atoms with van der Waals surface area (Å²) in [5.74, 6) is 0.774. The lowest BCUT2D eigenvalue weighted by molar-refractivity contribution is 0.172.